The van der Waals surface area contributed by atoms with Crippen LogP contribution in [0.3, 0.4) is 0 Å². The SMILES string of the molecule is C=C/C=C\C(C1=CC=CC1)N(C1=CC(C2=C(C3=CC=CC3)C=C(CC/C=C\C)C2)=C(C(C)(C)C)CC1)c1ccc2c(c1)CC=C2. The van der Waals surface area contributed by atoms with Gasteiger partial charge in [0, 0.05) is 11.4 Å². The van der Waals surface area contributed by atoms with Gasteiger partial charge >= 0.3 is 0 Å². The molecule has 6 rings (SSSR count). The molecule has 0 bridgehead atoms. The summed E-state index contributed by atoms with van der Waals surface area (Å²) >= 11 is 0. The van der Waals surface area contributed by atoms with Crippen molar-refractivity contribution in [1.29, 1.82) is 0 Å². The minimum Gasteiger partial charge on any atom is -0.334 e. The summed E-state index contributed by atoms with van der Waals surface area (Å²) in [6.45, 7) is 13.4. The first-order valence-corrected chi connectivity index (χ1v) is 16.9. The standard InChI is InChI=1S/C44H49N/c1-6-8-10-16-32-28-39(34-17-11-12-18-34)40(29-32)41-31-38(26-27-42(41)44(3,4)5)45(37-25-24-33-21-15-22-36(33)30-37)43(23-9-7-2)35-19-13-14-20-35/h6-9,11-15,17,19,21,23-25,28,30-31,43H,2,10,16,18,20,22,26-27,29H2,1,3-5H3/b8-6-,23-9-. The highest BCUT2D eigenvalue weighted by atomic mass is 15.2. The molecule has 1 heteroatoms. The second kappa shape index (κ2) is 13.5. The molecule has 0 fully saturated rings. The zero-order valence-corrected chi connectivity index (χ0v) is 27.8. The Labute approximate surface area is 272 Å². The minimum absolute atomic E-state index is 0.0929. The third kappa shape index (κ3) is 6.64. The maximum absolute atomic E-state index is 4.03. The molecule has 0 saturated carbocycles. The molecule has 1 nitrogen and oxygen atoms in total. The number of rotatable bonds is 11. The first-order chi connectivity index (χ1) is 21.9. The number of benzene rings is 1. The van der Waals surface area contributed by atoms with Crippen LogP contribution in [0.2, 0.25) is 0 Å². The topological polar surface area (TPSA) is 3.24 Å². The molecule has 1 aromatic rings. The highest BCUT2D eigenvalue weighted by molar-refractivity contribution is 5.70. The van der Waals surface area contributed by atoms with Gasteiger partial charge in [0.25, 0.3) is 0 Å². The molecular formula is C44H49N. The average molecular weight is 592 g/mol. The zero-order chi connectivity index (χ0) is 31.4. The van der Waals surface area contributed by atoms with Crippen LogP contribution in [-0.4, -0.2) is 6.04 Å². The number of hydrogen-bond donors (Lipinski definition) is 0. The van der Waals surface area contributed by atoms with Crippen molar-refractivity contribution < 1.29 is 0 Å². The second-order valence-electron chi connectivity index (χ2n) is 13.9. The van der Waals surface area contributed by atoms with E-state index in [0.717, 1.165) is 51.4 Å². The monoisotopic (exact) mass is 591 g/mol. The van der Waals surface area contributed by atoms with E-state index < -0.39 is 0 Å². The van der Waals surface area contributed by atoms with Crippen LogP contribution in [0.5, 0.6) is 0 Å². The molecule has 0 radical (unpaired) electrons. The van der Waals surface area contributed by atoms with Crippen molar-refractivity contribution in [3.8, 4) is 0 Å². The Morgan fingerprint density at radius 3 is 2.53 bits per heavy atom. The first-order valence-electron chi connectivity index (χ1n) is 16.9. The highest BCUT2D eigenvalue weighted by Crippen LogP contribution is 2.47. The van der Waals surface area contributed by atoms with Gasteiger partial charge in [0.15, 0.2) is 0 Å². The summed E-state index contributed by atoms with van der Waals surface area (Å²) in [5.74, 6) is 0. The second-order valence-corrected chi connectivity index (χ2v) is 13.9. The molecule has 0 aliphatic heterocycles. The Morgan fingerprint density at radius 2 is 1.80 bits per heavy atom. The Morgan fingerprint density at radius 1 is 0.956 bits per heavy atom. The number of allylic oxidation sites excluding steroid dienone is 20. The van der Waals surface area contributed by atoms with Gasteiger partial charge in [-0.15, -0.1) is 0 Å². The van der Waals surface area contributed by atoms with Crippen molar-refractivity contribution in [1.82, 2.24) is 0 Å². The lowest BCUT2D eigenvalue weighted by atomic mass is 9.75. The average Bonchev–Trinajstić information content (AvgIpc) is 3.85. The molecule has 1 aromatic carbocycles. The van der Waals surface area contributed by atoms with Gasteiger partial charge in [0.05, 0.1) is 6.04 Å². The van der Waals surface area contributed by atoms with E-state index in [0.29, 0.717) is 0 Å². The predicted molar refractivity (Wildman–Crippen MR) is 196 cm³/mol. The summed E-state index contributed by atoms with van der Waals surface area (Å²) in [5.41, 5.74) is 16.0. The van der Waals surface area contributed by atoms with Crippen molar-refractivity contribution in [2.75, 3.05) is 4.90 Å². The van der Waals surface area contributed by atoms with E-state index in [-0.39, 0.29) is 11.5 Å². The lowest BCUT2D eigenvalue weighted by molar-refractivity contribution is 0.473. The molecule has 45 heavy (non-hydrogen) atoms. The molecule has 0 saturated heterocycles. The van der Waals surface area contributed by atoms with E-state index in [1.54, 1.807) is 11.1 Å². The molecule has 0 amide bonds. The minimum atomic E-state index is 0.0929. The van der Waals surface area contributed by atoms with Crippen LogP contribution in [0, 0.1) is 5.41 Å². The van der Waals surface area contributed by atoms with E-state index in [1.807, 2.05) is 6.08 Å². The van der Waals surface area contributed by atoms with E-state index in [2.05, 4.69) is 142 Å². The van der Waals surface area contributed by atoms with Gasteiger partial charge in [-0.3, -0.25) is 0 Å². The van der Waals surface area contributed by atoms with Crippen LogP contribution >= 0.6 is 0 Å². The maximum Gasteiger partial charge on any atom is 0.0741 e. The number of nitrogens with zero attached hydrogens (tertiary/aromatic N) is 1. The molecule has 1 atom stereocenters. The van der Waals surface area contributed by atoms with Gasteiger partial charge in [0.2, 0.25) is 0 Å². The normalized spacial score (nSPS) is 20.0. The smallest absolute Gasteiger partial charge is 0.0741 e. The van der Waals surface area contributed by atoms with Gasteiger partial charge in [0.1, 0.15) is 0 Å². The van der Waals surface area contributed by atoms with Crippen LogP contribution in [0.4, 0.5) is 5.69 Å². The van der Waals surface area contributed by atoms with E-state index in [9.17, 15) is 0 Å². The first kappa shape index (κ1) is 30.9. The molecule has 0 N–H and O–H groups in total. The summed E-state index contributed by atoms with van der Waals surface area (Å²) in [6, 6.07) is 7.22. The fourth-order valence-corrected chi connectivity index (χ4v) is 7.53. The summed E-state index contributed by atoms with van der Waals surface area (Å²) in [6.07, 6.45) is 42.6. The van der Waals surface area contributed by atoms with E-state index >= 15 is 0 Å². The van der Waals surface area contributed by atoms with Crippen LogP contribution in [0.25, 0.3) is 6.08 Å². The van der Waals surface area contributed by atoms with Gasteiger partial charge in [-0.25, -0.2) is 0 Å². The summed E-state index contributed by atoms with van der Waals surface area (Å²) in [5, 5.41) is 0. The largest absolute Gasteiger partial charge is 0.334 e. The number of anilines is 1. The lowest BCUT2D eigenvalue weighted by Crippen LogP contribution is -2.36. The molecule has 1 unspecified atom stereocenters. The molecule has 5 aliphatic carbocycles. The van der Waals surface area contributed by atoms with E-state index in [1.165, 1.54) is 50.4 Å². The lowest BCUT2D eigenvalue weighted by Gasteiger charge is -2.39. The van der Waals surface area contributed by atoms with E-state index in [4.69, 9.17) is 0 Å². The van der Waals surface area contributed by atoms with Crippen LogP contribution in [0.1, 0.15) is 83.8 Å². The Hall–Kier alpha value is -4.10. The number of fused-ring (bicyclic) bond motifs is 1. The Balaban J connectivity index is 1.50. The summed E-state index contributed by atoms with van der Waals surface area (Å²) in [7, 11) is 0. The van der Waals surface area contributed by atoms with Crippen molar-refractivity contribution in [3.63, 3.8) is 0 Å². The molecule has 0 heterocycles. The summed E-state index contributed by atoms with van der Waals surface area (Å²) in [4.78, 5) is 2.64. The predicted octanol–water partition coefficient (Wildman–Crippen LogP) is 11.9. The zero-order valence-electron chi connectivity index (χ0n) is 27.8. The molecule has 0 aromatic heterocycles. The quantitative estimate of drug-likeness (QED) is 0.183. The van der Waals surface area contributed by atoms with Gasteiger partial charge in [-0.1, -0.05) is 130 Å². The molecule has 230 valence electrons. The molecule has 0 spiro atoms. The van der Waals surface area contributed by atoms with Crippen molar-refractivity contribution >= 4 is 11.8 Å². The third-order valence-electron chi connectivity index (χ3n) is 9.80. The van der Waals surface area contributed by atoms with Crippen molar-refractivity contribution in [2.24, 2.45) is 5.41 Å². The van der Waals surface area contributed by atoms with Crippen molar-refractivity contribution in [2.45, 2.75) is 85.1 Å². The fourth-order valence-electron chi connectivity index (χ4n) is 7.53. The Kier molecular flexibility index (Phi) is 9.27. The summed E-state index contributed by atoms with van der Waals surface area (Å²) < 4.78 is 0. The molecule has 5 aliphatic rings. The van der Waals surface area contributed by atoms with Crippen LogP contribution in [0.15, 0.2) is 155 Å². The Bertz CT molecular complexity index is 1690. The van der Waals surface area contributed by atoms with Crippen LogP contribution < -0.4 is 4.90 Å². The van der Waals surface area contributed by atoms with Gasteiger partial charge in [-0.2, -0.15) is 0 Å². The van der Waals surface area contributed by atoms with Crippen molar-refractivity contribution in [3.05, 3.63) is 166 Å². The molecular weight excluding hydrogens is 542 g/mol. The van der Waals surface area contributed by atoms with Gasteiger partial charge in [-0.05, 0) is 121 Å². The van der Waals surface area contributed by atoms with Crippen LogP contribution in [-0.2, 0) is 6.42 Å². The maximum atomic E-state index is 4.03. The fraction of sp³-hybridized carbons (Fsp3) is 0.318. The third-order valence-corrected chi connectivity index (χ3v) is 9.80. The van der Waals surface area contributed by atoms with Gasteiger partial charge < -0.3 is 4.90 Å². The highest BCUT2D eigenvalue weighted by Gasteiger charge is 2.33. The number of hydrogen-bond acceptors (Lipinski definition) is 1.